The molecule has 1 atom stereocenters. The Balaban J connectivity index is 1.66. The zero-order chi connectivity index (χ0) is 18.7. The van der Waals surface area contributed by atoms with Crippen molar-refractivity contribution >= 4 is 10.2 Å². The first kappa shape index (κ1) is 19.1. The van der Waals surface area contributed by atoms with E-state index in [4.69, 9.17) is 0 Å². The minimum Gasteiger partial charge on any atom is -0.265 e. The highest BCUT2D eigenvalue weighted by molar-refractivity contribution is 7.87. The van der Waals surface area contributed by atoms with Crippen molar-refractivity contribution in [1.29, 1.82) is 0 Å². The lowest BCUT2D eigenvalue weighted by molar-refractivity contribution is 0.265. The Morgan fingerprint density at radius 2 is 1.96 bits per heavy atom. The van der Waals surface area contributed by atoms with Gasteiger partial charge in [0, 0.05) is 24.8 Å². The lowest BCUT2D eigenvalue weighted by Crippen LogP contribution is -2.47. The minimum atomic E-state index is -3.44. The van der Waals surface area contributed by atoms with E-state index in [0.717, 1.165) is 41.8 Å². The predicted octanol–water partition coefficient (Wildman–Crippen LogP) is 2.76. The summed E-state index contributed by atoms with van der Waals surface area (Å²) in [7, 11) is -3.44. The summed E-state index contributed by atoms with van der Waals surface area (Å²) in [5.74, 6) is 0. The highest BCUT2D eigenvalue weighted by Gasteiger charge is 2.28. The van der Waals surface area contributed by atoms with E-state index in [2.05, 4.69) is 15.9 Å². The van der Waals surface area contributed by atoms with Gasteiger partial charge in [0.15, 0.2) is 0 Å². The second-order valence-electron chi connectivity index (χ2n) is 7.19. The Labute approximate surface area is 156 Å². The van der Waals surface area contributed by atoms with E-state index in [1.54, 1.807) is 4.31 Å². The van der Waals surface area contributed by atoms with Crippen LogP contribution < -0.4 is 4.72 Å². The van der Waals surface area contributed by atoms with Gasteiger partial charge in [-0.25, -0.2) is 0 Å². The first-order valence-electron chi connectivity index (χ1n) is 9.20. The van der Waals surface area contributed by atoms with Crippen LogP contribution in [0.2, 0.25) is 0 Å². The van der Waals surface area contributed by atoms with Crippen molar-refractivity contribution in [2.45, 2.75) is 59.2 Å². The van der Waals surface area contributed by atoms with Crippen molar-refractivity contribution in [2.24, 2.45) is 0 Å². The van der Waals surface area contributed by atoms with Crippen LogP contribution in [0.15, 0.2) is 30.3 Å². The number of aromatic nitrogens is 2. The summed E-state index contributed by atoms with van der Waals surface area (Å²) in [5.41, 5.74) is 4.19. The molecule has 1 aromatic carbocycles. The van der Waals surface area contributed by atoms with Crippen LogP contribution in [0.4, 0.5) is 0 Å². The fourth-order valence-corrected chi connectivity index (χ4v) is 5.00. The Morgan fingerprint density at radius 1 is 1.19 bits per heavy atom. The van der Waals surface area contributed by atoms with E-state index in [0.29, 0.717) is 19.6 Å². The van der Waals surface area contributed by atoms with E-state index in [9.17, 15) is 8.42 Å². The van der Waals surface area contributed by atoms with Crippen LogP contribution in [0.5, 0.6) is 0 Å². The van der Waals surface area contributed by atoms with E-state index >= 15 is 0 Å². The first-order chi connectivity index (χ1) is 12.3. The minimum absolute atomic E-state index is 0.0682. The Hall–Kier alpha value is -1.70. The van der Waals surface area contributed by atoms with E-state index in [1.807, 2.05) is 49.7 Å². The van der Waals surface area contributed by atoms with Gasteiger partial charge in [0.1, 0.15) is 0 Å². The van der Waals surface area contributed by atoms with Crippen LogP contribution >= 0.6 is 0 Å². The Morgan fingerprint density at radius 3 is 2.65 bits per heavy atom. The fourth-order valence-electron chi connectivity index (χ4n) is 3.53. The zero-order valence-corrected chi connectivity index (χ0v) is 16.6. The maximum Gasteiger partial charge on any atom is 0.279 e. The molecular formula is C19H28N4O2S. The number of benzene rings is 1. The number of aryl methyl sites for hydroxylation is 2. The van der Waals surface area contributed by atoms with Crippen LogP contribution in [-0.4, -0.2) is 35.1 Å². The third-order valence-corrected chi connectivity index (χ3v) is 6.61. The van der Waals surface area contributed by atoms with Crippen molar-refractivity contribution < 1.29 is 8.42 Å². The van der Waals surface area contributed by atoms with Crippen molar-refractivity contribution in [3.8, 4) is 0 Å². The molecule has 0 amide bonds. The Kier molecular flexibility index (Phi) is 5.79. The predicted molar refractivity (Wildman–Crippen MR) is 103 cm³/mol. The van der Waals surface area contributed by atoms with Gasteiger partial charge in [0.2, 0.25) is 0 Å². The summed E-state index contributed by atoms with van der Waals surface area (Å²) in [6, 6.07) is 10.1. The van der Waals surface area contributed by atoms with Gasteiger partial charge in [0.05, 0.1) is 12.2 Å². The smallest absolute Gasteiger partial charge is 0.265 e. The maximum absolute atomic E-state index is 12.6. The molecule has 1 N–H and O–H groups in total. The molecule has 7 heteroatoms. The van der Waals surface area contributed by atoms with Gasteiger partial charge in [-0.3, -0.25) is 4.68 Å². The molecule has 0 saturated carbocycles. The average molecular weight is 377 g/mol. The van der Waals surface area contributed by atoms with Crippen LogP contribution in [0.3, 0.4) is 0 Å². The van der Waals surface area contributed by atoms with Crippen molar-refractivity contribution in [2.75, 3.05) is 6.54 Å². The second-order valence-corrected chi connectivity index (χ2v) is 8.89. The average Bonchev–Trinajstić information content (AvgIpc) is 2.91. The fraction of sp³-hybridized carbons (Fsp3) is 0.526. The number of hydrogen-bond acceptors (Lipinski definition) is 3. The molecule has 3 rings (SSSR count). The standard InChI is InChI=1S/C19H28N4O2S/c1-15-11-17(3)22(21-15)14-19-9-6-8-18(12-19)13-20-26(24,25)23-10-5-4-7-16(23)2/h6,8-9,11-12,16,20H,4-5,7,10,13-14H2,1-3H3/t16-/m0/s1. The van der Waals surface area contributed by atoms with Crippen molar-refractivity contribution in [1.82, 2.24) is 18.8 Å². The number of nitrogens with zero attached hydrogens (tertiary/aromatic N) is 3. The molecule has 0 spiro atoms. The van der Waals surface area contributed by atoms with E-state index in [-0.39, 0.29) is 6.04 Å². The monoisotopic (exact) mass is 376 g/mol. The molecular weight excluding hydrogens is 348 g/mol. The van der Waals surface area contributed by atoms with Crippen molar-refractivity contribution in [3.63, 3.8) is 0 Å². The normalized spacial score (nSPS) is 19.0. The summed E-state index contributed by atoms with van der Waals surface area (Å²) < 4.78 is 31.5. The molecule has 0 unspecified atom stereocenters. The Bertz CT molecular complexity index is 860. The number of hydrogen-bond donors (Lipinski definition) is 1. The van der Waals surface area contributed by atoms with Crippen molar-refractivity contribution in [3.05, 3.63) is 52.8 Å². The number of rotatable bonds is 6. The SMILES string of the molecule is Cc1cc(C)n(Cc2cccc(CNS(=O)(=O)N3CCCC[C@@H]3C)c2)n1. The third-order valence-electron chi connectivity index (χ3n) is 4.94. The zero-order valence-electron chi connectivity index (χ0n) is 15.8. The largest absolute Gasteiger partial charge is 0.279 e. The van der Waals surface area contributed by atoms with Crippen LogP contribution in [0.25, 0.3) is 0 Å². The van der Waals surface area contributed by atoms with Gasteiger partial charge >= 0.3 is 0 Å². The van der Waals surface area contributed by atoms with Gasteiger partial charge in [0.25, 0.3) is 10.2 Å². The van der Waals surface area contributed by atoms with Crippen LogP contribution in [-0.2, 0) is 23.3 Å². The maximum atomic E-state index is 12.6. The van der Waals surface area contributed by atoms with E-state index in [1.165, 1.54) is 0 Å². The molecule has 6 nitrogen and oxygen atoms in total. The third kappa shape index (κ3) is 4.52. The molecule has 1 aromatic heterocycles. The molecule has 1 aliphatic heterocycles. The summed E-state index contributed by atoms with van der Waals surface area (Å²) in [6.45, 7) is 7.59. The summed E-state index contributed by atoms with van der Waals surface area (Å²) in [5, 5.41) is 4.49. The molecule has 1 aliphatic rings. The molecule has 0 bridgehead atoms. The molecule has 1 fully saturated rings. The molecule has 1 saturated heterocycles. The van der Waals surface area contributed by atoms with E-state index < -0.39 is 10.2 Å². The van der Waals surface area contributed by atoms with Gasteiger partial charge in [-0.05, 0) is 50.8 Å². The van der Waals surface area contributed by atoms with Gasteiger partial charge in [-0.2, -0.15) is 22.5 Å². The molecule has 26 heavy (non-hydrogen) atoms. The number of piperidine rings is 1. The highest BCUT2D eigenvalue weighted by atomic mass is 32.2. The second kappa shape index (κ2) is 7.90. The highest BCUT2D eigenvalue weighted by Crippen LogP contribution is 2.19. The molecule has 0 aliphatic carbocycles. The van der Waals surface area contributed by atoms with Gasteiger partial charge < -0.3 is 0 Å². The first-order valence-corrected chi connectivity index (χ1v) is 10.6. The quantitative estimate of drug-likeness (QED) is 0.843. The molecule has 2 heterocycles. The summed E-state index contributed by atoms with van der Waals surface area (Å²) >= 11 is 0. The van der Waals surface area contributed by atoms with Gasteiger partial charge in [-0.15, -0.1) is 0 Å². The lowest BCUT2D eigenvalue weighted by atomic mass is 10.1. The number of nitrogens with one attached hydrogen (secondary N) is 1. The topological polar surface area (TPSA) is 67.2 Å². The van der Waals surface area contributed by atoms with Crippen LogP contribution in [0.1, 0.15) is 48.7 Å². The van der Waals surface area contributed by atoms with Crippen LogP contribution in [0, 0.1) is 13.8 Å². The lowest BCUT2D eigenvalue weighted by Gasteiger charge is -2.32. The van der Waals surface area contributed by atoms with Gasteiger partial charge in [-0.1, -0.05) is 30.7 Å². The molecule has 142 valence electrons. The summed E-state index contributed by atoms with van der Waals surface area (Å²) in [6.07, 6.45) is 2.96. The summed E-state index contributed by atoms with van der Waals surface area (Å²) in [4.78, 5) is 0. The molecule has 0 radical (unpaired) electrons. The molecule has 2 aromatic rings.